The van der Waals surface area contributed by atoms with E-state index in [1.165, 1.54) is 0 Å². The maximum atomic E-state index is 10.9. The number of esters is 1. The van der Waals surface area contributed by atoms with Crippen LogP contribution in [0.3, 0.4) is 0 Å². The molecular formula is C7H12O4. The number of ether oxygens (including phenoxy) is 3. The zero-order valence-electron chi connectivity index (χ0n) is 6.54. The summed E-state index contributed by atoms with van der Waals surface area (Å²) in [7, 11) is 0. The van der Waals surface area contributed by atoms with Crippen molar-refractivity contribution in [3.05, 3.63) is 0 Å². The molecule has 0 bridgehead atoms. The van der Waals surface area contributed by atoms with E-state index in [-0.39, 0.29) is 0 Å². The fraction of sp³-hybridized carbons (Fsp3) is 0.857. The fourth-order valence-electron chi connectivity index (χ4n) is 0.765. The van der Waals surface area contributed by atoms with E-state index in [9.17, 15) is 4.79 Å². The van der Waals surface area contributed by atoms with Gasteiger partial charge in [-0.2, -0.15) is 0 Å². The second-order valence-electron chi connectivity index (χ2n) is 2.24. The first kappa shape index (κ1) is 8.49. The first-order chi connectivity index (χ1) is 5.34. The molecule has 0 radical (unpaired) electrons. The normalized spacial score (nSPS) is 18.6. The van der Waals surface area contributed by atoms with E-state index in [2.05, 4.69) is 0 Å². The molecule has 1 fully saturated rings. The van der Waals surface area contributed by atoms with Crippen molar-refractivity contribution in [2.75, 3.05) is 19.8 Å². The van der Waals surface area contributed by atoms with E-state index in [4.69, 9.17) is 14.2 Å². The second-order valence-corrected chi connectivity index (χ2v) is 2.24. The minimum Gasteiger partial charge on any atom is -0.462 e. The Balaban J connectivity index is 2.17. The lowest BCUT2D eigenvalue weighted by atomic mass is 10.5. The molecule has 0 aliphatic carbocycles. The predicted octanol–water partition coefficient (Wildman–Crippen LogP) is 0.312. The van der Waals surface area contributed by atoms with Gasteiger partial charge in [0, 0.05) is 0 Å². The molecule has 64 valence electrons. The minimum atomic E-state index is -0.776. The highest BCUT2D eigenvalue weighted by atomic mass is 16.7. The molecule has 0 spiro atoms. The van der Waals surface area contributed by atoms with Crippen LogP contribution in [0.5, 0.6) is 0 Å². The third-order valence-corrected chi connectivity index (χ3v) is 1.26. The quantitative estimate of drug-likeness (QED) is 0.557. The molecule has 0 amide bonds. The van der Waals surface area contributed by atoms with Crippen LogP contribution in [0.15, 0.2) is 0 Å². The molecule has 0 aromatic carbocycles. The minimum absolute atomic E-state index is 0.413. The lowest BCUT2D eigenvalue weighted by Crippen LogP contribution is -2.24. The lowest BCUT2D eigenvalue weighted by molar-refractivity contribution is -0.172. The molecule has 1 aliphatic heterocycles. The summed E-state index contributed by atoms with van der Waals surface area (Å²) in [6.45, 7) is 3.32. The van der Waals surface area contributed by atoms with Gasteiger partial charge in [-0.25, -0.2) is 4.79 Å². The summed E-state index contributed by atoms with van der Waals surface area (Å²) in [4.78, 5) is 10.9. The van der Waals surface area contributed by atoms with Crippen LogP contribution in [0.1, 0.15) is 13.3 Å². The molecule has 0 unspecified atom stereocenters. The first-order valence-electron chi connectivity index (χ1n) is 3.74. The van der Waals surface area contributed by atoms with Gasteiger partial charge in [-0.05, 0) is 6.42 Å². The highest BCUT2D eigenvalue weighted by molar-refractivity contribution is 5.73. The summed E-state index contributed by atoms with van der Waals surface area (Å²) in [5.41, 5.74) is 0. The summed E-state index contributed by atoms with van der Waals surface area (Å²) < 4.78 is 14.6. The summed E-state index contributed by atoms with van der Waals surface area (Å²) >= 11 is 0. The number of hydrogen-bond donors (Lipinski definition) is 0. The molecule has 1 heterocycles. The average molecular weight is 160 g/mol. The van der Waals surface area contributed by atoms with Gasteiger partial charge < -0.3 is 14.2 Å². The molecule has 4 heteroatoms. The van der Waals surface area contributed by atoms with Crippen LogP contribution in [-0.4, -0.2) is 32.1 Å². The molecule has 1 aliphatic rings. The van der Waals surface area contributed by atoms with Gasteiger partial charge in [0.05, 0.1) is 19.8 Å². The van der Waals surface area contributed by atoms with Crippen molar-refractivity contribution in [2.24, 2.45) is 0 Å². The summed E-state index contributed by atoms with van der Waals surface area (Å²) in [5.74, 6) is -0.413. The largest absolute Gasteiger partial charge is 0.462 e. The lowest BCUT2D eigenvalue weighted by Gasteiger charge is -2.07. The Kier molecular flexibility index (Phi) is 3.32. The van der Waals surface area contributed by atoms with Crippen molar-refractivity contribution in [2.45, 2.75) is 19.6 Å². The molecule has 0 aromatic heterocycles. The Morgan fingerprint density at radius 2 is 2.18 bits per heavy atom. The van der Waals surface area contributed by atoms with Gasteiger partial charge in [-0.1, -0.05) is 6.92 Å². The van der Waals surface area contributed by atoms with E-state index in [0.29, 0.717) is 19.8 Å². The monoisotopic (exact) mass is 160 g/mol. The van der Waals surface area contributed by atoms with Crippen molar-refractivity contribution < 1.29 is 19.0 Å². The number of carbonyl (C=O) groups excluding carboxylic acids is 1. The van der Waals surface area contributed by atoms with Gasteiger partial charge in [-0.3, -0.25) is 0 Å². The van der Waals surface area contributed by atoms with Gasteiger partial charge >= 0.3 is 5.97 Å². The molecule has 11 heavy (non-hydrogen) atoms. The van der Waals surface area contributed by atoms with Crippen LogP contribution >= 0.6 is 0 Å². The molecule has 0 N–H and O–H groups in total. The molecule has 1 rings (SSSR count). The predicted molar refractivity (Wildman–Crippen MR) is 36.9 cm³/mol. The third kappa shape index (κ3) is 2.48. The fourth-order valence-corrected chi connectivity index (χ4v) is 0.765. The number of carbonyl (C=O) groups is 1. The molecular weight excluding hydrogens is 148 g/mol. The zero-order chi connectivity index (χ0) is 8.10. The van der Waals surface area contributed by atoms with E-state index < -0.39 is 12.3 Å². The topological polar surface area (TPSA) is 44.8 Å². The van der Waals surface area contributed by atoms with Crippen LogP contribution in [0, 0.1) is 0 Å². The standard InChI is InChI=1S/C7H12O4/c1-2-3-9-6(8)7-10-4-5-11-7/h7H,2-5H2,1H3. The number of hydrogen-bond acceptors (Lipinski definition) is 4. The van der Waals surface area contributed by atoms with Gasteiger partial charge in [0.25, 0.3) is 6.29 Å². The smallest absolute Gasteiger partial charge is 0.363 e. The van der Waals surface area contributed by atoms with Crippen molar-refractivity contribution in [1.82, 2.24) is 0 Å². The van der Waals surface area contributed by atoms with Gasteiger partial charge in [-0.15, -0.1) is 0 Å². The maximum Gasteiger partial charge on any atom is 0.363 e. The van der Waals surface area contributed by atoms with Crippen LogP contribution in [0.2, 0.25) is 0 Å². The van der Waals surface area contributed by atoms with Crippen LogP contribution in [0.25, 0.3) is 0 Å². The summed E-state index contributed by atoms with van der Waals surface area (Å²) in [5, 5.41) is 0. The molecule has 0 saturated carbocycles. The summed E-state index contributed by atoms with van der Waals surface area (Å²) in [6.07, 6.45) is 0.0416. The van der Waals surface area contributed by atoms with Crippen LogP contribution in [0.4, 0.5) is 0 Å². The van der Waals surface area contributed by atoms with E-state index in [1.807, 2.05) is 6.92 Å². The van der Waals surface area contributed by atoms with Gasteiger partial charge in [0.2, 0.25) is 0 Å². The van der Waals surface area contributed by atoms with Crippen molar-refractivity contribution >= 4 is 5.97 Å². The van der Waals surface area contributed by atoms with Gasteiger partial charge in [0.1, 0.15) is 0 Å². The van der Waals surface area contributed by atoms with E-state index in [0.717, 1.165) is 6.42 Å². The van der Waals surface area contributed by atoms with Crippen molar-refractivity contribution in [1.29, 1.82) is 0 Å². The maximum absolute atomic E-state index is 10.9. The van der Waals surface area contributed by atoms with Crippen molar-refractivity contribution in [3.8, 4) is 0 Å². The molecule has 4 nitrogen and oxygen atoms in total. The highest BCUT2D eigenvalue weighted by Crippen LogP contribution is 2.05. The third-order valence-electron chi connectivity index (χ3n) is 1.26. The Morgan fingerprint density at radius 1 is 1.55 bits per heavy atom. The van der Waals surface area contributed by atoms with E-state index >= 15 is 0 Å². The molecule has 0 atom stereocenters. The van der Waals surface area contributed by atoms with Gasteiger partial charge in [0.15, 0.2) is 0 Å². The van der Waals surface area contributed by atoms with Crippen molar-refractivity contribution in [3.63, 3.8) is 0 Å². The Labute approximate surface area is 65.4 Å². The van der Waals surface area contributed by atoms with Crippen LogP contribution in [-0.2, 0) is 19.0 Å². The number of rotatable bonds is 3. The first-order valence-corrected chi connectivity index (χ1v) is 3.74. The zero-order valence-corrected chi connectivity index (χ0v) is 6.54. The average Bonchev–Trinajstić information content (AvgIpc) is 2.52. The summed E-state index contributed by atoms with van der Waals surface area (Å²) in [6, 6.07) is 0. The highest BCUT2D eigenvalue weighted by Gasteiger charge is 2.25. The van der Waals surface area contributed by atoms with E-state index in [1.54, 1.807) is 0 Å². The van der Waals surface area contributed by atoms with Crippen LogP contribution < -0.4 is 0 Å². The molecule has 1 saturated heterocycles. The Morgan fingerprint density at radius 3 is 2.73 bits per heavy atom. The Bertz CT molecular complexity index is 128. The SMILES string of the molecule is CCCOC(=O)C1OCCO1. The molecule has 0 aromatic rings. The second kappa shape index (κ2) is 4.31. The Hall–Kier alpha value is -0.610.